The van der Waals surface area contributed by atoms with Crippen LogP contribution >= 0.6 is 0 Å². The SMILES string of the molecule is CS(=O)(=O)N(CC(=O)NCc1ccc(F)cc1)c1cccc(C#N)c1. The molecule has 0 saturated heterocycles. The van der Waals surface area contributed by atoms with Crippen LogP contribution in [0.25, 0.3) is 0 Å². The zero-order chi connectivity index (χ0) is 18.4. The number of nitrogens with zero attached hydrogens (tertiary/aromatic N) is 2. The van der Waals surface area contributed by atoms with Crippen LogP contribution in [0.3, 0.4) is 0 Å². The van der Waals surface area contributed by atoms with Gasteiger partial charge in [0.05, 0.1) is 23.6 Å². The molecule has 0 radical (unpaired) electrons. The van der Waals surface area contributed by atoms with Gasteiger partial charge >= 0.3 is 0 Å². The zero-order valence-corrected chi connectivity index (χ0v) is 14.3. The van der Waals surface area contributed by atoms with Crippen LogP contribution < -0.4 is 9.62 Å². The van der Waals surface area contributed by atoms with Crippen molar-refractivity contribution < 1.29 is 17.6 Å². The highest BCUT2D eigenvalue weighted by Crippen LogP contribution is 2.18. The average molecular weight is 361 g/mol. The molecule has 0 fully saturated rings. The summed E-state index contributed by atoms with van der Waals surface area (Å²) in [7, 11) is -3.71. The molecule has 0 atom stereocenters. The van der Waals surface area contributed by atoms with E-state index in [9.17, 15) is 17.6 Å². The lowest BCUT2D eigenvalue weighted by Gasteiger charge is -2.22. The molecule has 2 aromatic carbocycles. The molecule has 1 N–H and O–H groups in total. The molecule has 2 aromatic rings. The topological polar surface area (TPSA) is 90.3 Å². The molecular weight excluding hydrogens is 345 g/mol. The third-order valence-electron chi connectivity index (χ3n) is 3.35. The van der Waals surface area contributed by atoms with Crippen molar-refractivity contribution in [2.24, 2.45) is 0 Å². The fourth-order valence-electron chi connectivity index (χ4n) is 2.12. The van der Waals surface area contributed by atoms with Gasteiger partial charge in [-0.15, -0.1) is 0 Å². The molecule has 6 nitrogen and oxygen atoms in total. The van der Waals surface area contributed by atoms with Crippen LogP contribution in [0.15, 0.2) is 48.5 Å². The molecule has 25 heavy (non-hydrogen) atoms. The Labute approximate surface area is 145 Å². The zero-order valence-electron chi connectivity index (χ0n) is 13.4. The quantitative estimate of drug-likeness (QED) is 0.849. The molecule has 0 spiro atoms. The van der Waals surface area contributed by atoms with E-state index < -0.39 is 22.5 Å². The number of hydrogen-bond acceptors (Lipinski definition) is 4. The minimum Gasteiger partial charge on any atom is -0.350 e. The number of halogens is 1. The molecule has 2 rings (SSSR count). The summed E-state index contributed by atoms with van der Waals surface area (Å²) in [6, 6.07) is 13.5. The third kappa shape index (κ3) is 5.29. The fraction of sp³-hybridized carbons (Fsp3) is 0.176. The molecule has 1 amide bonds. The second-order valence-electron chi connectivity index (χ2n) is 5.33. The molecule has 0 aliphatic heterocycles. The lowest BCUT2D eigenvalue weighted by atomic mass is 10.2. The Morgan fingerprint density at radius 1 is 1.24 bits per heavy atom. The van der Waals surface area contributed by atoms with Gasteiger partial charge in [-0.3, -0.25) is 9.10 Å². The number of nitriles is 1. The second kappa shape index (κ2) is 7.77. The summed E-state index contributed by atoms with van der Waals surface area (Å²) < 4.78 is 37.8. The Morgan fingerprint density at radius 2 is 1.92 bits per heavy atom. The predicted octanol–water partition coefficient (Wildman–Crippen LogP) is 1.78. The van der Waals surface area contributed by atoms with Crippen LogP contribution in [0.5, 0.6) is 0 Å². The van der Waals surface area contributed by atoms with E-state index in [0.717, 1.165) is 10.6 Å². The molecule has 0 unspecified atom stereocenters. The Balaban J connectivity index is 2.10. The Hall–Kier alpha value is -2.92. The monoisotopic (exact) mass is 361 g/mol. The van der Waals surface area contributed by atoms with Crippen LogP contribution in [0.4, 0.5) is 10.1 Å². The van der Waals surface area contributed by atoms with Gasteiger partial charge in [0.1, 0.15) is 12.4 Å². The number of nitrogens with one attached hydrogen (secondary N) is 1. The van der Waals surface area contributed by atoms with Gasteiger partial charge in [0.2, 0.25) is 15.9 Å². The summed E-state index contributed by atoms with van der Waals surface area (Å²) in [6.07, 6.45) is 0.985. The fourth-order valence-corrected chi connectivity index (χ4v) is 2.97. The highest BCUT2D eigenvalue weighted by molar-refractivity contribution is 7.92. The molecule has 0 saturated carbocycles. The molecule has 0 aromatic heterocycles. The Kier molecular flexibility index (Phi) is 5.72. The average Bonchev–Trinajstić information content (AvgIpc) is 2.58. The first kappa shape index (κ1) is 18.4. The summed E-state index contributed by atoms with van der Waals surface area (Å²) in [5, 5.41) is 11.5. The lowest BCUT2D eigenvalue weighted by Crippen LogP contribution is -2.40. The summed E-state index contributed by atoms with van der Waals surface area (Å²) in [5.74, 6) is -0.896. The minimum atomic E-state index is -3.71. The van der Waals surface area contributed by atoms with E-state index in [0.29, 0.717) is 5.56 Å². The maximum atomic E-state index is 12.9. The predicted molar refractivity (Wildman–Crippen MR) is 91.6 cm³/mol. The van der Waals surface area contributed by atoms with Crippen molar-refractivity contribution in [2.45, 2.75) is 6.54 Å². The van der Waals surface area contributed by atoms with Crippen LogP contribution in [-0.4, -0.2) is 27.1 Å². The van der Waals surface area contributed by atoms with Gasteiger partial charge in [-0.1, -0.05) is 18.2 Å². The highest BCUT2D eigenvalue weighted by atomic mass is 32.2. The number of hydrogen-bond donors (Lipinski definition) is 1. The summed E-state index contributed by atoms with van der Waals surface area (Å²) >= 11 is 0. The number of rotatable bonds is 6. The first-order chi connectivity index (χ1) is 11.8. The van der Waals surface area contributed by atoms with Crippen molar-refractivity contribution >= 4 is 21.6 Å². The van der Waals surface area contributed by atoms with E-state index in [1.807, 2.05) is 6.07 Å². The van der Waals surface area contributed by atoms with E-state index in [1.165, 1.54) is 36.4 Å². The maximum Gasteiger partial charge on any atom is 0.241 e. The third-order valence-corrected chi connectivity index (χ3v) is 4.49. The van der Waals surface area contributed by atoms with Crippen molar-refractivity contribution in [3.05, 3.63) is 65.5 Å². The number of carbonyl (C=O) groups excluding carboxylic acids is 1. The lowest BCUT2D eigenvalue weighted by molar-refractivity contribution is -0.119. The normalized spacial score (nSPS) is 10.8. The molecular formula is C17H16FN3O3S. The standard InChI is InChI=1S/C17H16FN3O3S/c1-25(23,24)21(16-4-2-3-14(9-16)10-19)12-17(22)20-11-13-5-7-15(18)8-6-13/h2-9H,11-12H2,1H3,(H,20,22). The molecule has 0 heterocycles. The number of anilines is 1. The summed E-state index contributed by atoms with van der Waals surface area (Å²) in [5.41, 5.74) is 1.21. The van der Waals surface area contributed by atoms with Gasteiger partial charge in [0.15, 0.2) is 0 Å². The Morgan fingerprint density at radius 3 is 2.52 bits per heavy atom. The van der Waals surface area contributed by atoms with Crippen LogP contribution in [0, 0.1) is 17.1 Å². The van der Waals surface area contributed by atoms with E-state index in [1.54, 1.807) is 12.1 Å². The van der Waals surface area contributed by atoms with Gasteiger partial charge in [-0.2, -0.15) is 5.26 Å². The van der Waals surface area contributed by atoms with Crippen molar-refractivity contribution in [1.29, 1.82) is 5.26 Å². The van der Waals surface area contributed by atoms with Gasteiger partial charge < -0.3 is 5.32 Å². The maximum absolute atomic E-state index is 12.9. The number of amides is 1. The molecule has 0 aliphatic rings. The first-order valence-corrected chi connectivity index (χ1v) is 9.13. The summed E-state index contributed by atoms with van der Waals surface area (Å²) in [4.78, 5) is 12.1. The molecule has 130 valence electrons. The number of benzene rings is 2. The van der Waals surface area contributed by atoms with Crippen molar-refractivity contribution in [3.63, 3.8) is 0 Å². The van der Waals surface area contributed by atoms with Crippen molar-refractivity contribution in [1.82, 2.24) is 5.32 Å². The Bertz CT molecular complexity index is 905. The molecule has 0 aliphatic carbocycles. The molecule has 0 bridgehead atoms. The van der Waals surface area contributed by atoms with Gasteiger partial charge in [-0.25, -0.2) is 12.8 Å². The van der Waals surface area contributed by atoms with Crippen LogP contribution in [0.2, 0.25) is 0 Å². The van der Waals surface area contributed by atoms with Gasteiger partial charge in [-0.05, 0) is 35.9 Å². The molecule has 8 heteroatoms. The number of carbonyl (C=O) groups is 1. The van der Waals surface area contributed by atoms with E-state index in [4.69, 9.17) is 5.26 Å². The smallest absolute Gasteiger partial charge is 0.241 e. The van der Waals surface area contributed by atoms with E-state index in [-0.39, 0.29) is 23.6 Å². The second-order valence-corrected chi connectivity index (χ2v) is 7.24. The van der Waals surface area contributed by atoms with Gasteiger partial charge in [0.25, 0.3) is 0 Å². The number of sulfonamides is 1. The largest absolute Gasteiger partial charge is 0.350 e. The first-order valence-electron chi connectivity index (χ1n) is 7.28. The van der Waals surface area contributed by atoms with E-state index >= 15 is 0 Å². The van der Waals surface area contributed by atoms with E-state index in [2.05, 4.69) is 5.32 Å². The van der Waals surface area contributed by atoms with Gasteiger partial charge in [0, 0.05) is 6.54 Å². The van der Waals surface area contributed by atoms with Crippen LogP contribution in [-0.2, 0) is 21.4 Å². The van der Waals surface area contributed by atoms with Crippen molar-refractivity contribution in [2.75, 3.05) is 17.1 Å². The van der Waals surface area contributed by atoms with Crippen molar-refractivity contribution in [3.8, 4) is 6.07 Å². The van der Waals surface area contributed by atoms with Crippen LogP contribution in [0.1, 0.15) is 11.1 Å². The summed E-state index contributed by atoms with van der Waals surface area (Å²) in [6.45, 7) is -0.274. The highest BCUT2D eigenvalue weighted by Gasteiger charge is 2.21. The minimum absolute atomic E-state index is 0.148.